The number of unbranched alkanes of at least 4 members (excludes halogenated alkanes) is 32. The SMILES string of the molecule is CCCCCCCCCC/C=C\CCCCCCCCCC(=O)NC(COP(=O)([O-])OCC[N+](C)(C)C)C(O)CCCCCCCCCCCCCCCCCCCC. The summed E-state index contributed by atoms with van der Waals surface area (Å²) < 4.78 is 23.3. The number of carbonyl (C=O) groups excluding carboxylic acids is 1. The van der Waals surface area contributed by atoms with Crippen LogP contribution in [0.3, 0.4) is 0 Å². The monoisotopic (exact) mass is 857 g/mol. The highest BCUT2D eigenvalue weighted by Crippen LogP contribution is 2.38. The molecule has 0 aromatic heterocycles. The van der Waals surface area contributed by atoms with E-state index in [1.165, 1.54) is 186 Å². The van der Waals surface area contributed by atoms with E-state index in [0.29, 0.717) is 23.9 Å². The van der Waals surface area contributed by atoms with Gasteiger partial charge >= 0.3 is 0 Å². The second-order valence-corrected chi connectivity index (χ2v) is 20.3. The average molecular weight is 857 g/mol. The molecule has 0 aliphatic rings. The maximum atomic E-state index is 12.9. The number of hydrogen-bond acceptors (Lipinski definition) is 6. The molecule has 8 nitrogen and oxygen atoms in total. The average Bonchev–Trinajstić information content (AvgIpc) is 3.19. The predicted molar refractivity (Wildman–Crippen MR) is 252 cm³/mol. The van der Waals surface area contributed by atoms with E-state index in [-0.39, 0.29) is 19.1 Å². The van der Waals surface area contributed by atoms with Crippen LogP contribution >= 0.6 is 7.82 Å². The molecule has 9 heteroatoms. The molecule has 0 saturated carbocycles. The van der Waals surface area contributed by atoms with Crippen LogP contribution in [0, 0.1) is 0 Å². The fourth-order valence-corrected chi connectivity index (χ4v) is 8.41. The first-order chi connectivity index (χ1) is 28.5. The zero-order chi connectivity index (χ0) is 43.6. The lowest BCUT2D eigenvalue weighted by Crippen LogP contribution is -2.46. The summed E-state index contributed by atoms with van der Waals surface area (Å²) in [5, 5.41) is 14.0. The normalized spacial score (nSPS) is 14.2. The first-order valence-corrected chi connectivity index (χ1v) is 27.0. The Morgan fingerprint density at radius 1 is 0.576 bits per heavy atom. The molecule has 0 aliphatic carbocycles. The summed E-state index contributed by atoms with van der Waals surface area (Å²) in [5.74, 6) is -0.166. The molecule has 0 rings (SSSR count). The molecule has 2 N–H and O–H groups in total. The zero-order valence-electron chi connectivity index (χ0n) is 40.0. The van der Waals surface area contributed by atoms with Gasteiger partial charge in [0.2, 0.25) is 5.91 Å². The number of aliphatic hydroxyl groups excluding tert-OH is 1. The predicted octanol–water partition coefficient (Wildman–Crippen LogP) is 14.1. The summed E-state index contributed by atoms with van der Waals surface area (Å²) in [5.41, 5.74) is 0. The molecular weight excluding hydrogens is 756 g/mol. The molecule has 1 amide bonds. The van der Waals surface area contributed by atoms with Crippen LogP contribution in [-0.4, -0.2) is 68.5 Å². The number of likely N-dealkylation sites (N-methyl/N-ethyl adjacent to an activating group) is 1. The van der Waals surface area contributed by atoms with Gasteiger partial charge in [0.15, 0.2) is 0 Å². The van der Waals surface area contributed by atoms with Gasteiger partial charge in [0.25, 0.3) is 7.82 Å². The van der Waals surface area contributed by atoms with Crippen molar-refractivity contribution in [3.63, 3.8) is 0 Å². The van der Waals surface area contributed by atoms with Crippen LogP contribution in [0.4, 0.5) is 0 Å². The quantitative estimate of drug-likeness (QED) is 0.0273. The lowest BCUT2D eigenvalue weighted by atomic mass is 10.0. The van der Waals surface area contributed by atoms with Crippen LogP contribution in [0.25, 0.3) is 0 Å². The van der Waals surface area contributed by atoms with Crippen molar-refractivity contribution >= 4 is 13.7 Å². The number of quaternary nitrogens is 1. The van der Waals surface area contributed by atoms with Crippen molar-refractivity contribution < 1.29 is 32.9 Å². The van der Waals surface area contributed by atoms with Gasteiger partial charge in [-0.1, -0.05) is 219 Å². The van der Waals surface area contributed by atoms with Crippen molar-refractivity contribution in [2.45, 2.75) is 264 Å². The maximum Gasteiger partial charge on any atom is 0.268 e. The Balaban J connectivity index is 4.26. The molecule has 3 atom stereocenters. The molecule has 0 aromatic carbocycles. The van der Waals surface area contributed by atoms with Gasteiger partial charge in [0, 0.05) is 6.42 Å². The smallest absolute Gasteiger partial charge is 0.268 e. The van der Waals surface area contributed by atoms with Crippen LogP contribution in [-0.2, 0) is 18.4 Å². The van der Waals surface area contributed by atoms with Crippen molar-refractivity contribution in [3.05, 3.63) is 12.2 Å². The number of hydrogen-bond donors (Lipinski definition) is 2. The summed E-state index contributed by atoms with van der Waals surface area (Å²) in [6.07, 6.45) is 49.3. The van der Waals surface area contributed by atoms with E-state index in [1.54, 1.807) is 0 Å². The summed E-state index contributed by atoms with van der Waals surface area (Å²) in [7, 11) is 1.31. The number of carbonyl (C=O) groups is 1. The van der Waals surface area contributed by atoms with Crippen LogP contribution in [0.15, 0.2) is 12.2 Å². The number of nitrogens with zero attached hydrogens (tertiary/aromatic N) is 1. The van der Waals surface area contributed by atoms with E-state index in [2.05, 4.69) is 31.3 Å². The summed E-state index contributed by atoms with van der Waals surface area (Å²) in [6, 6.07) is -0.799. The third-order valence-corrected chi connectivity index (χ3v) is 12.7. The Morgan fingerprint density at radius 3 is 1.32 bits per heavy atom. The van der Waals surface area contributed by atoms with Crippen LogP contribution < -0.4 is 10.2 Å². The van der Waals surface area contributed by atoms with Gasteiger partial charge in [-0.3, -0.25) is 9.36 Å². The topological polar surface area (TPSA) is 108 Å². The van der Waals surface area contributed by atoms with Gasteiger partial charge < -0.3 is 28.8 Å². The van der Waals surface area contributed by atoms with Gasteiger partial charge in [-0.05, 0) is 38.5 Å². The third kappa shape index (κ3) is 45.1. The molecule has 0 heterocycles. The number of allylic oxidation sites excluding steroid dienone is 2. The molecular formula is C50H101N2O6P. The Labute approximate surface area is 367 Å². The molecule has 59 heavy (non-hydrogen) atoms. The zero-order valence-corrected chi connectivity index (χ0v) is 40.9. The van der Waals surface area contributed by atoms with Gasteiger partial charge in [0.1, 0.15) is 13.2 Å². The van der Waals surface area contributed by atoms with Crippen LogP contribution in [0.5, 0.6) is 0 Å². The molecule has 0 fully saturated rings. The Bertz CT molecular complexity index is 974. The van der Waals surface area contributed by atoms with E-state index in [0.717, 1.165) is 38.5 Å². The van der Waals surface area contributed by atoms with Crippen molar-refractivity contribution in [2.75, 3.05) is 40.9 Å². The van der Waals surface area contributed by atoms with E-state index in [9.17, 15) is 19.4 Å². The Hall–Kier alpha value is -0.760. The Morgan fingerprint density at radius 2 is 0.932 bits per heavy atom. The fourth-order valence-electron chi connectivity index (χ4n) is 7.68. The molecule has 0 bridgehead atoms. The third-order valence-electron chi connectivity index (χ3n) is 11.8. The molecule has 0 aromatic rings. The standard InChI is InChI=1S/C50H101N2O6P/c1-6-8-10-12-14-16-18-20-22-24-26-28-30-32-34-36-38-40-42-44-50(54)51-48(47-58-59(55,56)57-46-45-52(3,4)5)49(53)43-41-39-37-35-33-31-29-27-25-23-21-19-17-15-13-11-9-7-2/h24,26,48-49,53H,6-23,25,27-47H2,1-5H3,(H-,51,54,55,56)/b26-24-. The summed E-state index contributed by atoms with van der Waals surface area (Å²) in [6.45, 7) is 4.75. The highest BCUT2D eigenvalue weighted by atomic mass is 31.2. The number of amides is 1. The van der Waals surface area contributed by atoms with Gasteiger partial charge in [0.05, 0.1) is 39.9 Å². The molecule has 0 aliphatic heterocycles. The van der Waals surface area contributed by atoms with Gasteiger partial charge in [-0.25, -0.2) is 0 Å². The first-order valence-electron chi connectivity index (χ1n) is 25.5. The van der Waals surface area contributed by atoms with E-state index in [4.69, 9.17) is 9.05 Å². The molecule has 0 saturated heterocycles. The second kappa shape index (κ2) is 42.5. The van der Waals surface area contributed by atoms with E-state index in [1.807, 2.05) is 21.1 Å². The molecule has 0 radical (unpaired) electrons. The second-order valence-electron chi connectivity index (χ2n) is 18.9. The highest BCUT2D eigenvalue weighted by molar-refractivity contribution is 7.45. The van der Waals surface area contributed by atoms with Crippen molar-refractivity contribution in [1.82, 2.24) is 5.32 Å². The lowest BCUT2D eigenvalue weighted by Gasteiger charge is -2.30. The van der Waals surface area contributed by atoms with Gasteiger partial charge in [-0.15, -0.1) is 0 Å². The number of nitrogens with one attached hydrogen (secondary N) is 1. The lowest BCUT2D eigenvalue weighted by molar-refractivity contribution is -0.870. The molecule has 352 valence electrons. The number of aliphatic hydroxyl groups is 1. The minimum atomic E-state index is -4.57. The Kier molecular flexibility index (Phi) is 42.0. The van der Waals surface area contributed by atoms with E-state index >= 15 is 0 Å². The number of rotatable bonds is 47. The minimum Gasteiger partial charge on any atom is -0.756 e. The molecule has 3 unspecified atom stereocenters. The summed E-state index contributed by atoms with van der Waals surface area (Å²) in [4.78, 5) is 25.4. The fraction of sp³-hybridized carbons (Fsp3) is 0.940. The van der Waals surface area contributed by atoms with Crippen molar-refractivity contribution in [2.24, 2.45) is 0 Å². The highest BCUT2D eigenvalue weighted by Gasteiger charge is 2.24. The van der Waals surface area contributed by atoms with Crippen molar-refractivity contribution in [3.8, 4) is 0 Å². The van der Waals surface area contributed by atoms with Crippen molar-refractivity contribution in [1.29, 1.82) is 0 Å². The minimum absolute atomic E-state index is 0.0135. The maximum absolute atomic E-state index is 12.9. The van der Waals surface area contributed by atoms with Crippen LogP contribution in [0.2, 0.25) is 0 Å². The van der Waals surface area contributed by atoms with E-state index < -0.39 is 20.0 Å². The first kappa shape index (κ1) is 58.2. The van der Waals surface area contributed by atoms with Gasteiger partial charge in [-0.2, -0.15) is 0 Å². The largest absolute Gasteiger partial charge is 0.756 e. The van der Waals surface area contributed by atoms with Crippen LogP contribution in [0.1, 0.15) is 251 Å². The molecule has 0 spiro atoms. The summed E-state index contributed by atoms with van der Waals surface area (Å²) >= 11 is 0. The number of phosphoric acid groups is 1. The number of phosphoric ester groups is 1.